The zero-order valence-electron chi connectivity index (χ0n) is 12.9. The van der Waals surface area contributed by atoms with E-state index in [0.717, 1.165) is 36.1 Å². The molecule has 21 heavy (non-hydrogen) atoms. The third kappa shape index (κ3) is 3.64. The van der Waals surface area contributed by atoms with Crippen LogP contribution in [0.25, 0.3) is 0 Å². The summed E-state index contributed by atoms with van der Waals surface area (Å²) in [4.78, 5) is 0. The van der Waals surface area contributed by atoms with E-state index in [1.807, 2.05) is 61.5 Å². The highest BCUT2D eigenvalue weighted by molar-refractivity contribution is 5.38. The van der Waals surface area contributed by atoms with Crippen LogP contribution in [-0.2, 0) is 5.60 Å². The summed E-state index contributed by atoms with van der Waals surface area (Å²) in [5.41, 5.74) is 0.940. The van der Waals surface area contributed by atoms with Gasteiger partial charge in [0.15, 0.2) is 0 Å². The number of unbranched alkanes of at least 4 members (excludes halogenated alkanes) is 1. The van der Waals surface area contributed by atoms with Gasteiger partial charge < -0.3 is 9.84 Å². The highest BCUT2D eigenvalue weighted by Crippen LogP contribution is 2.35. The summed E-state index contributed by atoms with van der Waals surface area (Å²) in [6.07, 6.45) is 2.77. The number of hydrogen-bond donors (Lipinski definition) is 1. The lowest BCUT2D eigenvalue weighted by Crippen LogP contribution is -2.27. The molecule has 112 valence electrons. The Labute approximate surface area is 127 Å². The molecule has 0 saturated carbocycles. The van der Waals surface area contributed by atoms with E-state index in [4.69, 9.17) is 4.74 Å². The standard InChI is InChI=1S/C19H24O2/c1-3-5-15-19(20,16-9-7-6-8-10-16)17-11-13-18(14-12-17)21-4-2/h6-14,20H,3-5,15H2,1-2H3. The maximum atomic E-state index is 11.3. The lowest BCUT2D eigenvalue weighted by atomic mass is 9.82. The van der Waals surface area contributed by atoms with Crippen LogP contribution < -0.4 is 4.74 Å². The molecule has 0 fully saturated rings. The first-order chi connectivity index (χ1) is 10.2. The van der Waals surface area contributed by atoms with Crippen molar-refractivity contribution in [3.8, 4) is 5.75 Å². The van der Waals surface area contributed by atoms with Gasteiger partial charge >= 0.3 is 0 Å². The molecule has 1 unspecified atom stereocenters. The fraction of sp³-hybridized carbons (Fsp3) is 0.368. The number of hydrogen-bond acceptors (Lipinski definition) is 2. The van der Waals surface area contributed by atoms with Crippen molar-refractivity contribution in [1.29, 1.82) is 0 Å². The molecule has 2 heteroatoms. The zero-order chi connectivity index (χ0) is 15.1. The van der Waals surface area contributed by atoms with Crippen molar-refractivity contribution in [3.05, 3.63) is 65.7 Å². The molecule has 0 bridgehead atoms. The number of benzene rings is 2. The smallest absolute Gasteiger partial charge is 0.119 e. The van der Waals surface area contributed by atoms with Crippen LogP contribution in [0.1, 0.15) is 44.2 Å². The van der Waals surface area contributed by atoms with Crippen LogP contribution >= 0.6 is 0 Å². The van der Waals surface area contributed by atoms with Crippen molar-refractivity contribution < 1.29 is 9.84 Å². The predicted molar refractivity (Wildman–Crippen MR) is 86.6 cm³/mol. The summed E-state index contributed by atoms with van der Waals surface area (Å²) in [5.74, 6) is 0.840. The number of ether oxygens (including phenoxy) is 1. The van der Waals surface area contributed by atoms with E-state index in [-0.39, 0.29) is 0 Å². The van der Waals surface area contributed by atoms with Gasteiger partial charge in [-0.15, -0.1) is 0 Å². The SMILES string of the molecule is CCCCC(O)(c1ccccc1)c1ccc(OCC)cc1. The first-order valence-electron chi connectivity index (χ1n) is 7.72. The third-order valence-electron chi connectivity index (χ3n) is 3.79. The molecule has 0 saturated heterocycles. The molecule has 0 aromatic heterocycles. The molecule has 2 nitrogen and oxygen atoms in total. The average Bonchev–Trinajstić information content (AvgIpc) is 2.54. The lowest BCUT2D eigenvalue weighted by Gasteiger charge is -2.29. The molecular weight excluding hydrogens is 260 g/mol. The van der Waals surface area contributed by atoms with Gasteiger partial charge in [-0.2, -0.15) is 0 Å². The van der Waals surface area contributed by atoms with Crippen LogP contribution in [0.4, 0.5) is 0 Å². The third-order valence-corrected chi connectivity index (χ3v) is 3.79. The number of aliphatic hydroxyl groups is 1. The van der Waals surface area contributed by atoms with Gasteiger partial charge in [0.25, 0.3) is 0 Å². The fourth-order valence-electron chi connectivity index (χ4n) is 2.60. The van der Waals surface area contributed by atoms with E-state index < -0.39 is 5.60 Å². The van der Waals surface area contributed by atoms with Crippen molar-refractivity contribution in [2.24, 2.45) is 0 Å². The topological polar surface area (TPSA) is 29.5 Å². The minimum Gasteiger partial charge on any atom is -0.494 e. The van der Waals surface area contributed by atoms with Gasteiger partial charge in [0.1, 0.15) is 11.4 Å². The molecule has 2 rings (SSSR count). The molecule has 0 spiro atoms. The van der Waals surface area contributed by atoms with E-state index in [1.54, 1.807) is 0 Å². The monoisotopic (exact) mass is 284 g/mol. The average molecular weight is 284 g/mol. The van der Waals surface area contributed by atoms with Crippen LogP contribution in [0.3, 0.4) is 0 Å². The molecular formula is C19H24O2. The Hall–Kier alpha value is -1.80. The molecule has 2 aromatic carbocycles. The first-order valence-corrected chi connectivity index (χ1v) is 7.72. The van der Waals surface area contributed by atoms with Crippen molar-refractivity contribution in [2.45, 2.75) is 38.7 Å². The zero-order valence-corrected chi connectivity index (χ0v) is 12.9. The normalized spacial score (nSPS) is 13.7. The summed E-state index contributed by atoms with van der Waals surface area (Å²) >= 11 is 0. The van der Waals surface area contributed by atoms with Gasteiger partial charge in [-0.25, -0.2) is 0 Å². The van der Waals surface area contributed by atoms with Gasteiger partial charge in [-0.1, -0.05) is 62.2 Å². The van der Waals surface area contributed by atoms with E-state index >= 15 is 0 Å². The Morgan fingerprint density at radius 1 is 0.905 bits per heavy atom. The summed E-state index contributed by atoms with van der Waals surface area (Å²) < 4.78 is 5.48. The molecule has 2 aromatic rings. The Kier molecular flexibility index (Phi) is 5.40. The van der Waals surface area contributed by atoms with Crippen LogP contribution in [0.15, 0.2) is 54.6 Å². The van der Waals surface area contributed by atoms with Crippen LogP contribution in [-0.4, -0.2) is 11.7 Å². The quantitative estimate of drug-likeness (QED) is 0.810. The van der Waals surface area contributed by atoms with Gasteiger partial charge in [-0.05, 0) is 36.6 Å². The summed E-state index contributed by atoms with van der Waals surface area (Å²) in [6.45, 7) is 4.76. The summed E-state index contributed by atoms with van der Waals surface area (Å²) in [5, 5.41) is 11.3. The molecule has 1 N–H and O–H groups in total. The minimum absolute atomic E-state index is 0.651. The Bertz CT molecular complexity index is 533. The summed E-state index contributed by atoms with van der Waals surface area (Å²) in [7, 11) is 0. The highest BCUT2D eigenvalue weighted by atomic mass is 16.5. The van der Waals surface area contributed by atoms with E-state index in [0.29, 0.717) is 6.61 Å². The first kappa shape index (κ1) is 15.6. The van der Waals surface area contributed by atoms with Crippen molar-refractivity contribution in [3.63, 3.8) is 0 Å². The van der Waals surface area contributed by atoms with Crippen LogP contribution in [0.2, 0.25) is 0 Å². The minimum atomic E-state index is -0.929. The van der Waals surface area contributed by atoms with E-state index in [1.165, 1.54) is 0 Å². The molecule has 0 aliphatic rings. The maximum absolute atomic E-state index is 11.3. The Balaban J connectivity index is 2.35. The second-order valence-corrected chi connectivity index (χ2v) is 5.29. The second kappa shape index (κ2) is 7.28. The Morgan fingerprint density at radius 3 is 2.10 bits per heavy atom. The van der Waals surface area contributed by atoms with Crippen LogP contribution in [0, 0.1) is 0 Å². The molecule has 0 radical (unpaired) electrons. The van der Waals surface area contributed by atoms with Crippen LogP contribution in [0.5, 0.6) is 5.75 Å². The second-order valence-electron chi connectivity index (χ2n) is 5.29. The van der Waals surface area contributed by atoms with Gasteiger partial charge in [0.2, 0.25) is 0 Å². The fourth-order valence-corrected chi connectivity index (χ4v) is 2.60. The predicted octanol–water partition coefficient (Wildman–Crippen LogP) is 4.51. The molecule has 0 aliphatic carbocycles. The lowest BCUT2D eigenvalue weighted by molar-refractivity contribution is 0.0684. The molecule has 1 atom stereocenters. The molecule has 0 amide bonds. The Morgan fingerprint density at radius 2 is 1.52 bits per heavy atom. The maximum Gasteiger partial charge on any atom is 0.119 e. The van der Waals surface area contributed by atoms with E-state index in [9.17, 15) is 5.11 Å². The van der Waals surface area contributed by atoms with E-state index in [2.05, 4.69) is 6.92 Å². The van der Waals surface area contributed by atoms with Gasteiger partial charge in [0.05, 0.1) is 6.61 Å². The molecule has 0 aliphatic heterocycles. The van der Waals surface area contributed by atoms with Crippen molar-refractivity contribution >= 4 is 0 Å². The van der Waals surface area contributed by atoms with Gasteiger partial charge in [-0.3, -0.25) is 0 Å². The largest absolute Gasteiger partial charge is 0.494 e. The highest BCUT2D eigenvalue weighted by Gasteiger charge is 2.30. The summed E-state index contributed by atoms with van der Waals surface area (Å²) in [6, 6.07) is 17.7. The van der Waals surface area contributed by atoms with Gasteiger partial charge in [0, 0.05) is 0 Å². The number of rotatable bonds is 7. The van der Waals surface area contributed by atoms with Crippen molar-refractivity contribution in [1.82, 2.24) is 0 Å². The molecule has 0 heterocycles. The van der Waals surface area contributed by atoms with Crippen molar-refractivity contribution in [2.75, 3.05) is 6.61 Å².